The van der Waals surface area contributed by atoms with Gasteiger partial charge in [-0.3, -0.25) is 18.6 Å². The fourth-order valence-electron chi connectivity index (χ4n) is 7.58. The van der Waals surface area contributed by atoms with Crippen LogP contribution < -0.4 is 0 Å². The second-order valence-corrected chi connectivity index (χ2v) is 12.3. The zero-order valence-corrected chi connectivity index (χ0v) is 21.0. The number of allylic oxidation sites excluding steroid dienone is 4. The Labute approximate surface area is 203 Å². The van der Waals surface area contributed by atoms with E-state index in [1.54, 1.807) is 20.8 Å². The minimum Gasteiger partial charge on any atom is -0.394 e. The molecule has 0 spiro atoms. The molecular formula is C24H34FO9P. The van der Waals surface area contributed by atoms with Gasteiger partial charge in [0.1, 0.15) is 12.2 Å². The number of halogens is 1. The maximum absolute atomic E-state index is 17.1. The first kappa shape index (κ1) is 26.8. The third kappa shape index (κ3) is 3.68. The van der Waals surface area contributed by atoms with Crippen molar-refractivity contribution >= 4 is 19.4 Å². The molecule has 196 valence electrons. The summed E-state index contributed by atoms with van der Waals surface area (Å²) < 4.78 is 38.4. The third-order valence-electron chi connectivity index (χ3n) is 9.35. The molecule has 4 aliphatic rings. The van der Waals surface area contributed by atoms with Crippen molar-refractivity contribution < 1.29 is 47.8 Å². The molecule has 9 atom stereocenters. The maximum atomic E-state index is 17.1. The molecule has 0 saturated heterocycles. The Bertz CT molecular complexity index is 1030. The van der Waals surface area contributed by atoms with E-state index in [4.69, 9.17) is 9.63 Å². The number of aliphatic hydroxyl groups is 3. The highest BCUT2D eigenvalue weighted by molar-refractivity contribution is 7.47. The van der Waals surface area contributed by atoms with E-state index in [1.165, 1.54) is 18.2 Å². The van der Waals surface area contributed by atoms with Crippen LogP contribution in [-0.2, 0) is 23.2 Å². The number of hydrogen-bond donors (Lipinski definition) is 4. The average molecular weight is 516 g/mol. The van der Waals surface area contributed by atoms with Gasteiger partial charge < -0.3 is 20.2 Å². The highest BCUT2D eigenvalue weighted by atomic mass is 31.2. The Morgan fingerprint density at radius 3 is 2.63 bits per heavy atom. The topological polar surface area (TPSA) is 151 Å². The molecule has 3 fully saturated rings. The second kappa shape index (κ2) is 8.65. The number of carbonyl (C=O) groups excluding carboxylic acids is 2. The van der Waals surface area contributed by atoms with Crippen molar-refractivity contribution in [3.63, 3.8) is 0 Å². The molecule has 0 aromatic heterocycles. The molecule has 4 N–H and O–H groups in total. The molecular weight excluding hydrogens is 482 g/mol. The number of alkyl halides is 1. The summed E-state index contributed by atoms with van der Waals surface area (Å²) in [5, 5.41) is 31.9. The molecule has 11 heteroatoms. The monoisotopic (exact) mass is 516 g/mol. The smallest absolute Gasteiger partial charge is 0.394 e. The lowest BCUT2D eigenvalue weighted by Crippen LogP contribution is -2.69. The van der Waals surface area contributed by atoms with Gasteiger partial charge in [-0.2, -0.15) is 0 Å². The van der Waals surface area contributed by atoms with E-state index in [0.29, 0.717) is 24.8 Å². The van der Waals surface area contributed by atoms with Gasteiger partial charge in [-0.15, -0.1) is 0 Å². The number of rotatable bonds is 7. The predicted molar refractivity (Wildman–Crippen MR) is 122 cm³/mol. The SMILES string of the molecule is C[C@@H]1CC2C3CCC4=CC(=O)C=C[C@]4(C)[C@@]3(F)[C@@H](O)C[C@]2(C)[C@@]1(O)C(=O)COP(=O)(O)OCCO. The van der Waals surface area contributed by atoms with E-state index in [9.17, 15) is 29.3 Å². The summed E-state index contributed by atoms with van der Waals surface area (Å²) in [7, 11) is -4.63. The van der Waals surface area contributed by atoms with Crippen molar-refractivity contribution in [1.29, 1.82) is 0 Å². The van der Waals surface area contributed by atoms with Gasteiger partial charge in [0.05, 0.1) is 19.3 Å². The number of fused-ring (bicyclic) bond motifs is 5. The van der Waals surface area contributed by atoms with E-state index in [0.717, 1.165) is 0 Å². The lowest BCUT2D eigenvalue weighted by molar-refractivity contribution is -0.219. The molecule has 9 nitrogen and oxygen atoms in total. The number of ketones is 2. The summed E-state index contributed by atoms with van der Waals surface area (Å²) in [6.45, 7) is 3.12. The largest absolute Gasteiger partial charge is 0.472 e. The van der Waals surface area contributed by atoms with Crippen LogP contribution in [0, 0.1) is 28.6 Å². The van der Waals surface area contributed by atoms with Gasteiger partial charge >= 0.3 is 7.82 Å². The Kier molecular flexibility index (Phi) is 6.62. The number of hydrogen-bond acceptors (Lipinski definition) is 8. The molecule has 4 rings (SSSR count). The van der Waals surface area contributed by atoms with Crippen molar-refractivity contribution in [1.82, 2.24) is 0 Å². The molecule has 3 unspecified atom stereocenters. The quantitative estimate of drug-likeness (QED) is 0.373. The Morgan fingerprint density at radius 1 is 1.29 bits per heavy atom. The predicted octanol–water partition coefficient (Wildman–Crippen LogP) is 2.03. The van der Waals surface area contributed by atoms with Crippen molar-refractivity contribution in [2.45, 2.75) is 63.8 Å². The van der Waals surface area contributed by atoms with Crippen LogP contribution in [0.25, 0.3) is 0 Å². The number of Topliss-reactive ketones (excluding diaryl/α,β-unsaturated/α-hetero) is 1. The molecule has 0 aliphatic heterocycles. The standard InChI is InChI=1S/C24H34FO9P/c1-14-10-18-17-5-4-15-11-16(27)6-7-21(15,2)23(17,25)19(28)12-22(18,3)24(14,30)20(29)13-34-35(31,32)33-9-8-26/h6-7,11,14,17-19,26,28,30H,4-5,8-10,12-13H2,1-3H3,(H,31,32)/t14-,17?,18?,19+,21+,22+,23+,24+/m1/s1. The van der Waals surface area contributed by atoms with Crippen LogP contribution in [0.1, 0.15) is 46.5 Å². The van der Waals surface area contributed by atoms with Gasteiger partial charge in [-0.25, -0.2) is 8.96 Å². The summed E-state index contributed by atoms with van der Waals surface area (Å²) in [5.74, 6) is -2.84. The zero-order valence-electron chi connectivity index (χ0n) is 20.1. The van der Waals surface area contributed by atoms with Gasteiger partial charge in [0, 0.05) is 16.7 Å². The molecule has 4 aliphatic carbocycles. The van der Waals surface area contributed by atoms with Gasteiger partial charge in [-0.05, 0) is 56.6 Å². The third-order valence-corrected chi connectivity index (χ3v) is 10.3. The average Bonchev–Trinajstić information content (AvgIpc) is 2.99. The fraction of sp³-hybridized carbons (Fsp3) is 0.750. The van der Waals surface area contributed by atoms with Crippen LogP contribution in [0.5, 0.6) is 0 Å². The first-order valence-electron chi connectivity index (χ1n) is 12.0. The Hall–Kier alpha value is -1.26. The van der Waals surface area contributed by atoms with Crippen molar-refractivity contribution in [2.75, 3.05) is 19.8 Å². The van der Waals surface area contributed by atoms with Crippen LogP contribution >= 0.6 is 7.82 Å². The second-order valence-electron chi connectivity index (χ2n) is 10.9. The van der Waals surface area contributed by atoms with Crippen molar-refractivity contribution in [2.24, 2.45) is 28.6 Å². The van der Waals surface area contributed by atoms with Crippen LogP contribution in [0.2, 0.25) is 0 Å². The van der Waals surface area contributed by atoms with Crippen LogP contribution in [-0.4, -0.2) is 69.0 Å². The van der Waals surface area contributed by atoms with Crippen molar-refractivity contribution in [3.05, 3.63) is 23.8 Å². The molecule has 0 aromatic carbocycles. The molecule has 0 radical (unpaired) electrons. The van der Waals surface area contributed by atoms with E-state index in [2.05, 4.69) is 4.52 Å². The van der Waals surface area contributed by atoms with Crippen molar-refractivity contribution in [3.8, 4) is 0 Å². The molecule has 3 saturated carbocycles. The minimum atomic E-state index is -4.63. The zero-order chi connectivity index (χ0) is 26.0. The first-order chi connectivity index (χ1) is 16.2. The molecule has 0 aromatic rings. The summed E-state index contributed by atoms with van der Waals surface area (Å²) in [4.78, 5) is 34.9. The summed E-state index contributed by atoms with van der Waals surface area (Å²) in [6, 6.07) is 0. The summed E-state index contributed by atoms with van der Waals surface area (Å²) in [5.41, 5.74) is -5.90. The Morgan fingerprint density at radius 2 is 1.97 bits per heavy atom. The number of phosphoric acid groups is 1. The molecule has 0 amide bonds. The van der Waals surface area contributed by atoms with Crippen LogP contribution in [0.4, 0.5) is 4.39 Å². The van der Waals surface area contributed by atoms with Gasteiger partial charge in [0.2, 0.25) is 0 Å². The fourth-order valence-corrected chi connectivity index (χ4v) is 8.25. The lowest BCUT2D eigenvalue weighted by Gasteiger charge is -2.62. The van der Waals surface area contributed by atoms with E-state index < -0.39 is 79.4 Å². The van der Waals surface area contributed by atoms with E-state index >= 15 is 4.39 Å². The van der Waals surface area contributed by atoms with E-state index in [-0.39, 0.29) is 12.2 Å². The maximum Gasteiger partial charge on any atom is 0.472 e. The minimum absolute atomic E-state index is 0.209. The summed E-state index contributed by atoms with van der Waals surface area (Å²) >= 11 is 0. The number of aliphatic hydroxyl groups excluding tert-OH is 2. The molecule has 0 bridgehead atoms. The van der Waals surface area contributed by atoms with Gasteiger partial charge in [0.25, 0.3) is 0 Å². The number of carbonyl (C=O) groups is 2. The van der Waals surface area contributed by atoms with Crippen LogP contribution in [0.3, 0.4) is 0 Å². The molecule has 35 heavy (non-hydrogen) atoms. The van der Waals surface area contributed by atoms with E-state index in [1.807, 2.05) is 0 Å². The Balaban J connectivity index is 1.65. The summed E-state index contributed by atoms with van der Waals surface area (Å²) in [6.07, 6.45) is 3.70. The highest BCUT2D eigenvalue weighted by Crippen LogP contribution is 2.70. The van der Waals surface area contributed by atoms with Crippen LogP contribution in [0.15, 0.2) is 23.8 Å². The number of phosphoric ester groups is 1. The molecule has 0 heterocycles. The first-order valence-corrected chi connectivity index (χ1v) is 13.5. The normalized spacial score (nSPS) is 46.3. The lowest BCUT2D eigenvalue weighted by atomic mass is 9.44. The van der Waals surface area contributed by atoms with Gasteiger partial charge in [-0.1, -0.05) is 25.5 Å². The van der Waals surface area contributed by atoms with Gasteiger partial charge in [0.15, 0.2) is 17.2 Å². The highest BCUT2D eigenvalue weighted by Gasteiger charge is 2.75.